The van der Waals surface area contributed by atoms with E-state index >= 15 is 9.59 Å². The third kappa shape index (κ3) is 14.0. The Balaban J connectivity index is 0.746. The summed E-state index contributed by atoms with van der Waals surface area (Å²) in [6, 6.07) is 31.6. The molecule has 2 heterocycles. The molecule has 568 valence electrons. The second kappa shape index (κ2) is 30.8. The molecular formula is C78H84N8O22. The fraction of sp³-hybridized carbons (Fsp3) is 0.423. The average molecular weight is 1490 g/mol. The molecule has 2 aliphatic heterocycles. The summed E-state index contributed by atoms with van der Waals surface area (Å²) in [5.41, 5.74) is 4.74. The third-order valence-corrected chi connectivity index (χ3v) is 22.5. The molecule has 5 aromatic carbocycles. The van der Waals surface area contributed by atoms with E-state index in [2.05, 4.69) is 32.1 Å². The number of carbonyl (C=O) groups excluding carboxylic acids is 13. The maximum Gasteiger partial charge on any atom is 0.509 e. The van der Waals surface area contributed by atoms with Crippen molar-refractivity contribution in [3.63, 3.8) is 0 Å². The van der Waals surface area contributed by atoms with Crippen LogP contribution in [0.3, 0.4) is 0 Å². The van der Waals surface area contributed by atoms with Crippen molar-refractivity contribution in [3.8, 4) is 0 Å². The number of aliphatic hydroxyl groups is 2. The number of ketones is 1. The molecule has 4 saturated carbocycles. The zero-order chi connectivity index (χ0) is 77.3. The monoisotopic (exact) mass is 1480 g/mol. The fourth-order valence-corrected chi connectivity index (χ4v) is 17.3. The predicted octanol–water partition coefficient (Wildman–Crippen LogP) is 4.53. The standard InChI is InChI=1S/C78H84N8O22/c1-40-59-62(52-36-77(101)73(108-71(98)49-21-14-9-15-22-49)76(39-104-43(4)88)53-38-102-56(53)35-57(90)75(76,6)65(92)63(105-44(5)89)60(40)78(52,59)77)106-72(99)64(61(46-17-10-7-11-18-46)83-68(95)47-19-12-8-13-20-47)107-74(100)103-37-45-24-28-50(29-25-45)82-69(96)55-23-16-34-86(55)70(97)41(2)80-67(94)48-26-30-51(31-27-48)84-85-58(91)33-32-54(66(79)93)81-42(3)87/h7-15,17-22,24-31,41,52-57,59,61-64,73,84,90,101H,16,23,32-39H2,1-6H3,(H2,79,93)(H,80,94)(H,81,87)(H,82,96)(H,83,95)(H,85,91)/t41-,52?,53-,54+,55?,56-,57+,59?,61+,62+,63-,64-,73+,75+,76+,77-,78?/m1/s1. The van der Waals surface area contributed by atoms with Gasteiger partial charge in [0.25, 0.3) is 11.8 Å². The third-order valence-electron chi connectivity index (χ3n) is 22.5. The maximum absolute atomic E-state index is 16.0. The summed E-state index contributed by atoms with van der Waals surface area (Å²) < 4.78 is 42.7. The number of fused-ring (bicyclic) bond motifs is 3. The van der Waals surface area contributed by atoms with Gasteiger partial charge in [-0.25, -0.2) is 14.4 Å². The second-order valence-corrected chi connectivity index (χ2v) is 28.7. The highest BCUT2D eigenvalue weighted by atomic mass is 16.7. The van der Waals surface area contributed by atoms with Crippen molar-refractivity contribution in [2.45, 2.75) is 153 Å². The molecule has 5 aromatic rings. The minimum Gasteiger partial charge on any atom is -0.465 e. The summed E-state index contributed by atoms with van der Waals surface area (Å²) in [5, 5.41) is 37.3. The molecule has 6 fully saturated rings. The highest BCUT2D eigenvalue weighted by Crippen LogP contribution is 2.85. The Bertz CT molecular complexity index is 4410. The number of anilines is 2. The molecule has 12 rings (SSSR count). The van der Waals surface area contributed by atoms with E-state index < -0.39 is 191 Å². The van der Waals surface area contributed by atoms with Crippen LogP contribution in [-0.4, -0.2) is 172 Å². The number of amides is 7. The van der Waals surface area contributed by atoms with Gasteiger partial charge in [0, 0.05) is 80.1 Å². The van der Waals surface area contributed by atoms with E-state index in [0.29, 0.717) is 35.4 Å². The number of aliphatic hydroxyl groups excluding tert-OH is 1. The van der Waals surface area contributed by atoms with Crippen LogP contribution in [0.15, 0.2) is 151 Å². The Morgan fingerprint density at radius 2 is 1.36 bits per heavy atom. The summed E-state index contributed by atoms with van der Waals surface area (Å²) >= 11 is 0. The van der Waals surface area contributed by atoms with Gasteiger partial charge in [-0.05, 0) is 124 Å². The van der Waals surface area contributed by atoms with Crippen LogP contribution in [-0.2, 0) is 82.9 Å². The quantitative estimate of drug-likeness (QED) is 0.0159. The number of nitrogens with zero attached hydrogens (tertiary/aromatic N) is 1. The zero-order valence-corrected chi connectivity index (χ0v) is 59.9. The lowest BCUT2D eigenvalue weighted by molar-refractivity contribution is -0.402. The molecule has 0 bridgehead atoms. The number of carbonyl (C=O) groups is 13. The van der Waals surface area contributed by atoms with Crippen LogP contribution in [0.25, 0.3) is 0 Å². The Hall–Kier alpha value is -11.4. The van der Waals surface area contributed by atoms with E-state index in [9.17, 15) is 63.0 Å². The van der Waals surface area contributed by atoms with Crippen LogP contribution in [0.4, 0.5) is 16.2 Å². The fourth-order valence-electron chi connectivity index (χ4n) is 17.3. The van der Waals surface area contributed by atoms with Crippen molar-refractivity contribution >= 4 is 88.5 Å². The summed E-state index contributed by atoms with van der Waals surface area (Å²) in [7, 11) is 0. The summed E-state index contributed by atoms with van der Waals surface area (Å²) in [6.45, 7) is 7.01. The molecule has 4 unspecified atom stereocenters. The normalized spacial score (nSPS) is 27.7. The van der Waals surface area contributed by atoms with Crippen molar-refractivity contribution in [1.82, 2.24) is 26.3 Å². The average Bonchev–Trinajstić information content (AvgIpc) is 0.632. The first-order chi connectivity index (χ1) is 51.5. The van der Waals surface area contributed by atoms with Crippen molar-refractivity contribution in [3.05, 3.63) is 178 Å². The smallest absolute Gasteiger partial charge is 0.465 e. The number of hydrogen-bond acceptors (Lipinski definition) is 23. The number of benzene rings is 5. The van der Waals surface area contributed by atoms with Gasteiger partial charge in [0.15, 0.2) is 11.9 Å². The maximum atomic E-state index is 16.0. The number of hydrogen-bond donors (Lipinski definition) is 9. The number of rotatable bonds is 26. The van der Waals surface area contributed by atoms with Gasteiger partial charge in [-0.1, -0.05) is 84.4 Å². The number of Topliss-reactive ketones (excluding diaryl/α,β-unsaturated/α-hetero) is 1. The Morgan fingerprint density at radius 1 is 0.731 bits per heavy atom. The minimum absolute atomic E-state index is 0.0347. The molecule has 30 heteroatoms. The number of nitrogens with two attached hydrogens (primary N) is 1. The largest absolute Gasteiger partial charge is 0.509 e. The van der Waals surface area contributed by atoms with Crippen molar-refractivity contribution < 1.29 is 106 Å². The molecule has 108 heavy (non-hydrogen) atoms. The Labute approximate surface area is 619 Å². The van der Waals surface area contributed by atoms with E-state index in [1.807, 2.05) is 0 Å². The van der Waals surface area contributed by atoms with Gasteiger partial charge in [0.05, 0.1) is 40.9 Å². The number of ether oxygens (including phenoxy) is 7. The Kier molecular flexibility index (Phi) is 21.8. The molecule has 0 aromatic heterocycles. The Morgan fingerprint density at radius 3 is 1.98 bits per heavy atom. The van der Waals surface area contributed by atoms with E-state index in [0.717, 1.165) is 13.8 Å². The van der Waals surface area contributed by atoms with Crippen LogP contribution < -0.4 is 37.9 Å². The van der Waals surface area contributed by atoms with Crippen LogP contribution in [0.5, 0.6) is 0 Å². The number of primary amides is 1. The van der Waals surface area contributed by atoms with E-state index in [1.165, 1.54) is 86.3 Å². The first-order valence-electron chi connectivity index (χ1n) is 35.5. The first kappa shape index (κ1) is 76.3. The van der Waals surface area contributed by atoms with Gasteiger partial charge in [-0.3, -0.25) is 58.8 Å². The molecule has 0 radical (unpaired) electrons. The zero-order valence-electron chi connectivity index (χ0n) is 59.9. The molecule has 17 atom stereocenters. The van der Waals surface area contributed by atoms with Crippen LogP contribution in [0, 0.1) is 34.0 Å². The van der Waals surface area contributed by atoms with E-state index in [-0.39, 0.29) is 66.7 Å². The molecule has 30 nitrogen and oxygen atoms in total. The predicted molar refractivity (Wildman–Crippen MR) is 378 cm³/mol. The van der Waals surface area contributed by atoms with Gasteiger partial charge in [-0.2, -0.15) is 0 Å². The summed E-state index contributed by atoms with van der Waals surface area (Å²) in [4.78, 5) is 179. The lowest BCUT2D eigenvalue weighted by Crippen LogP contribution is -2.92. The van der Waals surface area contributed by atoms with Gasteiger partial charge < -0.3 is 75.3 Å². The van der Waals surface area contributed by atoms with Crippen LogP contribution in [0.2, 0.25) is 0 Å². The molecule has 1 spiro atoms. The minimum atomic E-state index is -2.26. The number of likely N-dealkylation sites (tertiary alicyclic amines) is 1. The number of esters is 4. The van der Waals surface area contributed by atoms with Crippen LogP contribution in [0.1, 0.15) is 128 Å². The number of hydrazine groups is 1. The van der Waals surface area contributed by atoms with Gasteiger partial charge in [-0.15, -0.1) is 0 Å². The van der Waals surface area contributed by atoms with Crippen LogP contribution >= 0.6 is 0 Å². The highest BCUT2D eigenvalue weighted by molar-refractivity contribution is 6.02. The summed E-state index contributed by atoms with van der Waals surface area (Å²) in [5.74, 6) is -11.5. The van der Waals surface area contributed by atoms with E-state index in [4.69, 9.17) is 38.9 Å². The molecule has 10 N–H and O–H groups in total. The van der Waals surface area contributed by atoms with Gasteiger partial charge in [0.1, 0.15) is 55.2 Å². The topological polar surface area (TPSA) is 428 Å². The summed E-state index contributed by atoms with van der Waals surface area (Å²) in [6.07, 6.45) is -10.4. The van der Waals surface area contributed by atoms with Gasteiger partial charge in [0.2, 0.25) is 35.6 Å². The van der Waals surface area contributed by atoms with Crippen molar-refractivity contribution in [1.29, 1.82) is 0 Å². The molecule has 5 aliphatic carbocycles. The SMILES string of the molecule is CC(=O)N[C@@H](CCC(=O)NNc1ccc(C(=O)N[C@H](C)C(=O)N2CCCC2C(=O)Nc2ccc(COC(=O)O[C@@H](C(=O)O[C@H]3C4C[C@@]5(O)[C@@H](OC(=O)c6ccccc6)[C@]6(COC(C)=O)[C@@H]7CO[C@@H]7C[C@H](O)[C@@]6(C)C(=O)[C@H](OC(C)=O)C6=C(C)C3C645)[C@@H](NC(=O)c3ccccc3)c3ccccc3)cc2)cc1)C(N)=O. The molecule has 2 saturated heterocycles. The van der Waals surface area contributed by atoms with Crippen molar-refractivity contribution in [2.24, 2.45) is 39.7 Å². The highest BCUT2D eigenvalue weighted by Gasteiger charge is 2.93. The second-order valence-electron chi connectivity index (χ2n) is 28.7. The van der Waals surface area contributed by atoms with Crippen molar-refractivity contribution in [2.75, 3.05) is 30.5 Å². The molecule has 7 amide bonds. The van der Waals surface area contributed by atoms with Gasteiger partial charge >= 0.3 is 30.0 Å². The molecular weight excluding hydrogens is 1400 g/mol. The number of nitrogens with one attached hydrogen (secondary N) is 6. The lowest BCUT2D eigenvalue weighted by Gasteiger charge is -2.84. The lowest BCUT2D eigenvalue weighted by atomic mass is 9.21. The molecule has 7 aliphatic rings. The van der Waals surface area contributed by atoms with E-state index in [1.54, 1.807) is 85.8 Å². The first-order valence-corrected chi connectivity index (χ1v) is 35.5.